The molecule has 5 aliphatic heterocycles. The van der Waals surface area contributed by atoms with E-state index in [1.165, 1.54) is 21.8 Å². The van der Waals surface area contributed by atoms with Crippen molar-refractivity contribution < 1.29 is 85.0 Å². The Morgan fingerprint density at radius 1 is 0.432 bits per heavy atom. The molecule has 19 nitrogen and oxygen atoms in total. The van der Waals surface area contributed by atoms with Gasteiger partial charge in [0.2, 0.25) is 0 Å². The van der Waals surface area contributed by atoms with Crippen LogP contribution in [-0.4, -0.2) is 208 Å². The van der Waals surface area contributed by atoms with Gasteiger partial charge in [0.05, 0.1) is 41.9 Å². The second-order valence-electron chi connectivity index (χ2n) is 20.2. The minimum absolute atomic E-state index is 0. The van der Waals surface area contributed by atoms with Crippen LogP contribution >= 0.6 is 31.9 Å². The second-order valence-corrected chi connectivity index (χ2v) is 22.0. The molecule has 81 heavy (non-hydrogen) atoms. The summed E-state index contributed by atoms with van der Waals surface area (Å²) < 4.78 is 34.2. The zero-order valence-corrected chi connectivity index (χ0v) is 45.8. The molecule has 5 fully saturated rings. The first-order chi connectivity index (χ1) is 38.1. The van der Waals surface area contributed by atoms with Crippen LogP contribution in [0.2, 0.25) is 0 Å². The number of rotatable bonds is 5. The van der Waals surface area contributed by atoms with Crippen LogP contribution < -0.4 is 0 Å². The Balaban J connectivity index is 0.000000215. The standard InChI is InChI=1S/C33H37NO11.C17H15Br2NO.C8H12O5.2CH4/c35-15-26-30(39)32(41)28(37)24(44-26)7-3-17-1-5-20-21-6-2-18(4-8-25-29(38)33(42)31(40)27(16-36)45-25)14-23(21)34(22(20)13-17)19-9-11-43-12-10-19;18-11-1-3-14-15-4-2-12(19)10-17(15)20(16(14)9-11)13-5-7-21-8-6-13;1-2-4-6(10)8(12)7(11)5(3-9)13-4;;/h1-2,5-6,13-14,19,24-33,35-42H,9-12,15-16H2;1-4,9-10,13H,5-8H2;1,4-12H,3H2;2*1H4/t24-,25-,26-,27-,28-,29-,30-,31-,32-,33-;;4-,5-,6-,7-,8-;;/m1.1../s1. The van der Waals surface area contributed by atoms with E-state index in [0.29, 0.717) is 30.4 Å². The van der Waals surface area contributed by atoms with E-state index in [1.807, 2.05) is 36.4 Å². The summed E-state index contributed by atoms with van der Waals surface area (Å²) >= 11 is 7.23. The van der Waals surface area contributed by atoms with Crippen LogP contribution in [0.1, 0.15) is 63.7 Å². The number of aromatic nitrogens is 2. The number of hydrogen-bond donors (Lipinski definition) is 12. The summed E-state index contributed by atoms with van der Waals surface area (Å²) in [5.74, 6) is 13.8. The smallest absolute Gasteiger partial charge is 0.147 e. The van der Waals surface area contributed by atoms with Gasteiger partial charge in [-0.2, -0.15) is 0 Å². The number of hydrogen-bond acceptors (Lipinski definition) is 17. The molecule has 0 bridgehead atoms. The summed E-state index contributed by atoms with van der Waals surface area (Å²) in [4.78, 5) is 0. The van der Waals surface area contributed by atoms with Gasteiger partial charge in [0.25, 0.3) is 0 Å². The highest BCUT2D eigenvalue weighted by atomic mass is 79.9. The van der Waals surface area contributed by atoms with Crippen molar-refractivity contribution in [2.75, 3.05) is 46.2 Å². The van der Waals surface area contributed by atoms with E-state index in [-0.39, 0.29) is 20.9 Å². The van der Waals surface area contributed by atoms with Crippen LogP contribution in [-0.2, 0) is 23.7 Å². The quantitative estimate of drug-likeness (QED) is 0.111. The van der Waals surface area contributed by atoms with Crippen LogP contribution in [0.15, 0.2) is 81.7 Å². The molecule has 21 heteroatoms. The topological polar surface area (TPSA) is 299 Å². The zero-order valence-electron chi connectivity index (χ0n) is 42.7. The molecular weight excluding hydrogens is 1180 g/mol. The fourth-order valence-electron chi connectivity index (χ4n) is 10.9. The van der Waals surface area contributed by atoms with Crippen molar-refractivity contribution in [1.82, 2.24) is 9.13 Å². The molecule has 0 spiro atoms. The average Bonchev–Trinajstić information content (AvgIpc) is 4.00. The van der Waals surface area contributed by atoms with Gasteiger partial charge in [0.1, 0.15) is 91.6 Å². The summed E-state index contributed by atoms with van der Waals surface area (Å²) in [6, 6.07) is 25.3. The summed E-state index contributed by atoms with van der Waals surface area (Å²) in [5.41, 5.74) is 5.75. The molecule has 12 N–H and O–H groups in total. The van der Waals surface area contributed by atoms with Gasteiger partial charge in [0, 0.05) is 80.1 Å². The van der Waals surface area contributed by atoms with Gasteiger partial charge < -0.3 is 94.1 Å². The number of terminal acetylenes is 1. The van der Waals surface area contributed by atoms with Crippen LogP contribution in [0.5, 0.6) is 0 Å². The van der Waals surface area contributed by atoms with E-state index >= 15 is 0 Å². The lowest BCUT2D eigenvalue weighted by Gasteiger charge is -2.37. The summed E-state index contributed by atoms with van der Waals surface area (Å²) in [6.45, 7) is 1.41. The molecule has 5 saturated heterocycles. The second kappa shape index (κ2) is 28.3. The first kappa shape index (κ1) is 64.0. The van der Waals surface area contributed by atoms with Gasteiger partial charge in [-0.05, 0) is 74.2 Å². The Kier molecular flexibility index (Phi) is 22.4. The third kappa shape index (κ3) is 13.5. The van der Waals surface area contributed by atoms with E-state index in [2.05, 4.69) is 107 Å². The van der Waals surface area contributed by atoms with Crippen molar-refractivity contribution in [3.8, 4) is 36.0 Å². The molecule has 11 rings (SSSR count). The minimum atomic E-state index is -1.51. The maximum Gasteiger partial charge on any atom is 0.147 e. The monoisotopic (exact) mass is 1250 g/mol. The molecule has 7 heterocycles. The van der Waals surface area contributed by atoms with Gasteiger partial charge in [-0.15, -0.1) is 6.42 Å². The zero-order chi connectivity index (χ0) is 56.2. The Morgan fingerprint density at radius 2 is 0.741 bits per heavy atom. The van der Waals surface area contributed by atoms with Crippen LogP contribution in [0.25, 0.3) is 43.6 Å². The minimum Gasteiger partial charge on any atom is -0.394 e. The fraction of sp³-hybridized carbons (Fsp3) is 0.500. The van der Waals surface area contributed by atoms with Crippen LogP contribution in [0.3, 0.4) is 0 Å². The molecular formula is C60H72Br2N2O17. The number of nitrogens with zero attached hydrogens (tertiary/aromatic N) is 2. The highest BCUT2D eigenvalue weighted by Crippen LogP contribution is 2.39. The molecule has 5 aliphatic rings. The highest BCUT2D eigenvalue weighted by Gasteiger charge is 2.45. The van der Waals surface area contributed by atoms with Crippen molar-refractivity contribution in [3.63, 3.8) is 0 Å². The Hall–Kier alpha value is -4.56. The number of halogens is 2. The van der Waals surface area contributed by atoms with Crippen molar-refractivity contribution in [2.45, 2.75) is 144 Å². The molecule has 438 valence electrons. The summed E-state index contributed by atoms with van der Waals surface area (Å²) in [6.07, 6.45) is -10.3. The number of fused-ring (bicyclic) bond motifs is 6. The summed E-state index contributed by atoms with van der Waals surface area (Å²) in [5, 5.41) is 121. The maximum atomic E-state index is 10.4. The van der Waals surface area contributed by atoms with Crippen molar-refractivity contribution in [2.24, 2.45) is 0 Å². The van der Waals surface area contributed by atoms with E-state index in [9.17, 15) is 56.2 Å². The molecule has 15 atom stereocenters. The predicted octanol–water partition coefficient (Wildman–Crippen LogP) is 2.94. The van der Waals surface area contributed by atoms with Gasteiger partial charge in [0.15, 0.2) is 0 Å². The molecule has 0 amide bonds. The number of benzene rings is 4. The van der Waals surface area contributed by atoms with Gasteiger partial charge in [-0.1, -0.05) is 101 Å². The summed E-state index contributed by atoms with van der Waals surface area (Å²) in [7, 11) is 0. The number of aliphatic hydroxyl groups is 12. The lowest BCUT2D eigenvalue weighted by Crippen LogP contribution is -2.58. The Labute approximate surface area is 486 Å². The average molecular weight is 1250 g/mol. The van der Waals surface area contributed by atoms with Crippen molar-refractivity contribution >= 4 is 75.5 Å². The molecule has 0 aliphatic carbocycles. The van der Waals surface area contributed by atoms with E-state index < -0.39 is 111 Å². The molecule has 0 saturated carbocycles. The van der Waals surface area contributed by atoms with E-state index in [0.717, 1.165) is 69.6 Å². The Bertz CT molecular complexity index is 3080. The third-order valence-electron chi connectivity index (χ3n) is 15.2. The first-order valence-corrected chi connectivity index (χ1v) is 27.7. The van der Waals surface area contributed by atoms with Crippen LogP contribution in [0, 0.1) is 36.0 Å². The first-order valence-electron chi connectivity index (χ1n) is 26.1. The van der Waals surface area contributed by atoms with Crippen LogP contribution in [0.4, 0.5) is 0 Å². The van der Waals surface area contributed by atoms with Gasteiger partial charge >= 0.3 is 0 Å². The molecule has 6 aromatic rings. The Morgan fingerprint density at radius 3 is 1.07 bits per heavy atom. The highest BCUT2D eigenvalue weighted by molar-refractivity contribution is 9.10. The molecule has 2 aromatic heterocycles. The van der Waals surface area contributed by atoms with E-state index in [1.54, 1.807) is 0 Å². The predicted molar refractivity (Wildman–Crippen MR) is 310 cm³/mol. The molecule has 0 unspecified atom stereocenters. The largest absolute Gasteiger partial charge is 0.394 e. The van der Waals surface area contributed by atoms with Crippen molar-refractivity contribution in [3.05, 3.63) is 92.9 Å². The number of aliphatic hydroxyl groups excluding tert-OH is 12. The van der Waals surface area contributed by atoms with Gasteiger partial charge in [-0.3, -0.25) is 0 Å². The van der Waals surface area contributed by atoms with E-state index in [4.69, 9.17) is 35.2 Å². The SMILES string of the molecule is Brc1ccc2c3ccc(Br)cc3n(C3CCOCC3)c2c1.C.C.C#C[C@H]1O[C@H](CO)[C@@H](O)[C@H](O)[C@@H]1O.OC[C@H]1O[C@H](C#Cc2ccc3c4ccc(C#C[C@H]5O[C@H](CO)[C@@H](O)[C@H](O)[C@@H]5O)cc4n(C4CCOCC4)c3c2)[C@@H](O)[C@@H](O)[C@@H]1O. The normalized spacial score (nSPS) is 30.7. The molecule has 0 radical (unpaired) electrons. The fourth-order valence-corrected chi connectivity index (χ4v) is 11.6. The van der Waals surface area contributed by atoms with Crippen molar-refractivity contribution in [1.29, 1.82) is 0 Å². The lowest BCUT2D eigenvalue weighted by atomic mass is 9.95. The maximum absolute atomic E-state index is 10.4. The third-order valence-corrected chi connectivity index (χ3v) is 16.2. The molecule has 4 aromatic carbocycles. The number of ether oxygens (including phenoxy) is 5. The van der Waals surface area contributed by atoms with Gasteiger partial charge in [-0.25, -0.2) is 0 Å². The lowest BCUT2D eigenvalue weighted by molar-refractivity contribution is -0.214.